The summed E-state index contributed by atoms with van der Waals surface area (Å²) in [7, 11) is 0. The number of carboxylic acid groups (broad SMARTS) is 1. The average Bonchev–Trinajstić information content (AvgIpc) is 3.32. The maximum Gasteiger partial charge on any atom is 0.326 e. The quantitative estimate of drug-likeness (QED) is 0.362. The van der Waals surface area contributed by atoms with E-state index in [4.69, 9.17) is 5.73 Å². The van der Waals surface area contributed by atoms with Crippen LogP contribution in [0, 0.1) is 0 Å². The van der Waals surface area contributed by atoms with Crippen molar-refractivity contribution in [1.29, 1.82) is 0 Å². The largest absolute Gasteiger partial charge is 0.480 e. The van der Waals surface area contributed by atoms with Crippen molar-refractivity contribution in [3.8, 4) is 10.4 Å². The third-order valence-corrected chi connectivity index (χ3v) is 7.22. The topological polar surface area (TPSA) is 118 Å². The second-order valence-corrected chi connectivity index (χ2v) is 10.4. The Morgan fingerprint density at radius 2 is 1.61 bits per heavy atom. The van der Waals surface area contributed by atoms with Crippen LogP contribution in [0.2, 0.25) is 0 Å². The van der Waals surface area contributed by atoms with E-state index in [1.165, 1.54) is 23.2 Å². The minimum Gasteiger partial charge on any atom is -0.480 e. The van der Waals surface area contributed by atoms with E-state index >= 15 is 0 Å². The molecule has 0 radical (unpaired) electrons. The molecule has 36 heavy (non-hydrogen) atoms. The van der Waals surface area contributed by atoms with Gasteiger partial charge in [-0.3, -0.25) is 14.4 Å². The van der Waals surface area contributed by atoms with E-state index in [9.17, 15) is 24.3 Å². The Hall–Kier alpha value is -3.78. The van der Waals surface area contributed by atoms with Gasteiger partial charge in [0.05, 0.1) is 4.88 Å². The molecule has 0 saturated carbocycles. The molecule has 3 N–H and O–H groups in total. The molecule has 0 spiro atoms. The molecule has 0 unspecified atom stereocenters. The van der Waals surface area contributed by atoms with Crippen LogP contribution in [0.4, 0.5) is 0 Å². The molecule has 2 amide bonds. The molecular weight excluding hydrogens is 476 g/mol. The Morgan fingerprint density at radius 1 is 0.972 bits per heavy atom. The maximum atomic E-state index is 13.8. The van der Waals surface area contributed by atoms with Crippen LogP contribution in [0.1, 0.15) is 59.2 Å². The van der Waals surface area contributed by atoms with E-state index in [1.807, 2.05) is 50.2 Å². The average molecular weight is 507 g/mol. The van der Waals surface area contributed by atoms with Crippen LogP contribution in [-0.4, -0.2) is 45.2 Å². The molecule has 1 atom stereocenters. The summed E-state index contributed by atoms with van der Waals surface area (Å²) in [5.74, 6) is -2.28. The number of nitrogens with two attached hydrogens (primary N) is 1. The fourth-order valence-corrected chi connectivity index (χ4v) is 5.17. The molecule has 0 saturated heterocycles. The molecule has 2 aromatic carbocycles. The van der Waals surface area contributed by atoms with Crippen molar-refractivity contribution in [2.75, 3.05) is 0 Å². The normalized spacial score (nSPS) is 12.1. The second-order valence-electron chi connectivity index (χ2n) is 9.31. The minimum atomic E-state index is -1.24. The Labute approximate surface area is 214 Å². The number of rotatable bonds is 11. The monoisotopic (exact) mass is 506 g/mol. The van der Waals surface area contributed by atoms with Crippen LogP contribution in [0.3, 0.4) is 0 Å². The van der Waals surface area contributed by atoms with Gasteiger partial charge in [0.2, 0.25) is 5.91 Å². The number of primary amides is 1. The van der Waals surface area contributed by atoms with Crippen LogP contribution in [0.15, 0.2) is 66.7 Å². The van der Waals surface area contributed by atoms with Crippen LogP contribution in [0.25, 0.3) is 10.4 Å². The molecule has 0 aliphatic heterocycles. The summed E-state index contributed by atoms with van der Waals surface area (Å²) < 4.78 is 0. The van der Waals surface area contributed by atoms with Gasteiger partial charge in [0.1, 0.15) is 6.04 Å². The number of amides is 2. The number of aliphatic carboxylic acids is 1. The summed E-state index contributed by atoms with van der Waals surface area (Å²) in [6.45, 7) is 5.16. The number of ketones is 1. The van der Waals surface area contributed by atoms with Crippen molar-refractivity contribution in [3.05, 3.63) is 82.7 Å². The zero-order valence-electron chi connectivity index (χ0n) is 20.6. The van der Waals surface area contributed by atoms with Gasteiger partial charge in [0.15, 0.2) is 5.78 Å². The molecule has 7 nitrogen and oxygen atoms in total. The lowest BCUT2D eigenvalue weighted by atomic mass is 9.89. The van der Waals surface area contributed by atoms with Crippen LogP contribution in [-0.2, 0) is 16.0 Å². The number of benzene rings is 2. The molecule has 0 fully saturated rings. The summed E-state index contributed by atoms with van der Waals surface area (Å²) >= 11 is 1.37. The maximum absolute atomic E-state index is 13.8. The predicted octanol–water partition coefficient (Wildman–Crippen LogP) is 4.80. The molecule has 3 aromatic rings. The van der Waals surface area contributed by atoms with Gasteiger partial charge in [-0.25, -0.2) is 4.79 Å². The molecular formula is C28H30N2O5S. The van der Waals surface area contributed by atoms with Crippen molar-refractivity contribution in [1.82, 2.24) is 4.90 Å². The van der Waals surface area contributed by atoms with Crippen LogP contribution >= 0.6 is 11.3 Å². The Morgan fingerprint density at radius 3 is 2.14 bits per heavy atom. The summed E-state index contributed by atoms with van der Waals surface area (Å²) in [6.07, 6.45) is 0.175. The van der Waals surface area contributed by atoms with E-state index in [2.05, 4.69) is 0 Å². The van der Waals surface area contributed by atoms with Gasteiger partial charge >= 0.3 is 5.97 Å². The highest BCUT2D eigenvalue weighted by Crippen LogP contribution is 2.31. The van der Waals surface area contributed by atoms with Crippen LogP contribution in [0.5, 0.6) is 0 Å². The number of thiophene rings is 1. The predicted molar refractivity (Wildman–Crippen MR) is 140 cm³/mol. The third kappa shape index (κ3) is 6.46. The lowest BCUT2D eigenvalue weighted by molar-refractivity contribution is -0.144. The first-order valence-electron chi connectivity index (χ1n) is 11.6. The summed E-state index contributed by atoms with van der Waals surface area (Å²) in [4.78, 5) is 52.1. The van der Waals surface area contributed by atoms with Crippen molar-refractivity contribution in [2.24, 2.45) is 5.73 Å². The number of Topliss-reactive ketones (excluding diaryl/α,β-unsaturated/α-hetero) is 1. The number of carbonyl (C=O) groups is 4. The molecule has 0 aliphatic rings. The zero-order chi connectivity index (χ0) is 26.5. The Balaban J connectivity index is 1.97. The standard InChI is InChI=1S/C28H30N2O5S/c1-18(31)23-14-15-24(36-23)20-9-11-21(12-10-20)26(33)30(22(27(34)35)13-16-25(29)32)28(2,3)17-19-7-5-4-6-8-19/h4-12,14-15,22H,13,16-17H2,1-3H3,(H2,29,32)(H,34,35)/t22-/m0/s1. The number of hydrogen-bond acceptors (Lipinski definition) is 5. The highest BCUT2D eigenvalue weighted by Gasteiger charge is 2.40. The van der Waals surface area contributed by atoms with E-state index in [1.54, 1.807) is 30.3 Å². The summed E-state index contributed by atoms with van der Waals surface area (Å²) in [6, 6.07) is 18.8. The third-order valence-electron chi connectivity index (χ3n) is 5.98. The molecule has 3 rings (SSSR count). The Kier molecular flexibility index (Phi) is 8.42. The molecule has 1 heterocycles. The summed E-state index contributed by atoms with van der Waals surface area (Å²) in [5.41, 5.74) is 6.54. The Bertz CT molecular complexity index is 1250. The molecule has 1 aromatic heterocycles. The minimum absolute atomic E-state index is 0.00925. The highest BCUT2D eigenvalue weighted by atomic mass is 32.1. The fraction of sp³-hybridized carbons (Fsp3) is 0.286. The van der Waals surface area contributed by atoms with Gasteiger partial charge in [-0.2, -0.15) is 0 Å². The summed E-state index contributed by atoms with van der Waals surface area (Å²) in [5, 5.41) is 10.0. The first-order chi connectivity index (χ1) is 17.0. The first kappa shape index (κ1) is 26.8. The molecule has 0 aliphatic carbocycles. The molecule has 0 bridgehead atoms. The number of nitrogens with zero attached hydrogens (tertiary/aromatic N) is 1. The van der Waals surface area contributed by atoms with Crippen LogP contribution < -0.4 is 5.73 Å². The van der Waals surface area contributed by atoms with Gasteiger partial charge in [-0.15, -0.1) is 11.3 Å². The lowest BCUT2D eigenvalue weighted by Gasteiger charge is -2.42. The van der Waals surface area contributed by atoms with Crippen molar-refractivity contribution in [3.63, 3.8) is 0 Å². The smallest absolute Gasteiger partial charge is 0.326 e. The molecule has 8 heteroatoms. The van der Waals surface area contributed by atoms with E-state index < -0.39 is 29.4 Å². The van der Waals surface area contributed by atoms with Gasteiger partial charge in [0, 0.05) is 22.4 Å². The van der Waals surface area contributed by atoms with Crippen molar-refractivity contribution >= 4 is 34.9 Å². The van der Waals surface area contributed by atoms with Crippen molar-refractivity contribution < 1.29 is 24.3 Å². The van der Waals surface area contributed by atoms with Gasteiger partial charge in [-0.05, 0) is 69.0 Å². The lowest BCUT2D eigenvalue weighted by Crippen LogP contribution is -2.57. The fourth-order valence-electron chi connectivity index (χ4n) is 4.26. The zero-order valence-corrected chi connectivity index (χ0v) is 21.4. The second kappa shape index (κ2) is 11.3. The van der Waals surface area contributed by atoms with Gasteiger partial charge in [-0.1, -0.05) is 42.5 Å². The van der Waals surface area contributed by atoms with Gasteiger partial charge in [0.25, 0.3) is 5.91 Å². The van der Waals surface area contributed by atoms with E-state index in [-0.39, 0.29) is 18.6 Å². The first-order valence-corrected chi connectivity index (χ1v) is 12.4. The van der Waals surface area contributed by atoms with E-state index in [0.717, 1.165) is 16.0 Å². The van der Waals surface area contributed by atoms with Crippen molar-refractivity contribution in [2.45, 2.75) is 51.6 Å². The SMILES string of the molecule is CC(=O)c1ccc(-c2ccc(C(=O)N([C@@H](CCC(N)=O)C(=O)O)C(C)(C)Cc3ccccc3)cc2)s1. The van der Waals surface area contributed by atoms with E-state index in [0.29, 0.717) is 16.9 Å². The van der Waals surface area contributed by atoms with Gasteiger partial charge < -0.3 is 15.7 Å². The number of carboxylic acids is 1. The highest BCUT2D eigenvalue weighted by molar-refractivity contribution is 7.17. The number of carbonyl (C=O) groups excluding carboxylic acids is 3. The molecule has 188 valence electrons. The number of hydrogen-bond donors (Lipinski definition) is 2.